The first-order valence-corrected chi connectivity index (χ1v) is 20.3. The number of ether oxygens (including phenoxy) is 2. The third-order valence-electron chi connectivity index (χ3n) is 12.0. The second-order valence-corrected chi connectivity index (χ2v) is 16.1. The van der Waals surface area contributed by atoms with Crippen LogP contribution in [0.1, 0.15) is 66.4 Å². The topological polar surface area (TPSA) is 160 Å². The van der Waals surface area contributed by atoms with E-state index in [2.05, 4.69) is 31.4 Å². The highest BCUT2D eigenvalue weighted by Crippen LogP contribution is 2.33. The van der Waals surface area contributed by atoms with Crippen molar-refractivity contribution in [3.8, 4) is 11.8 Å². The third kappa shape index (κ3) is 8.86. The number of hydrogen-bond donors (Lipinski definition) is 2. The standard InChI is InChI=1S/C42H47ClN8O6/c43-36-21-34(7-3-29(36)22-44)57-33-6-2-28(19-33)40(53)46-31-4-9-38(45-23-31)50-13-11-27(12-14-50)24-48-15-17-49(18-16-48)32-5-1-30-25-56-26-51(42(55)35(30)20-32)37-8-10-39(52)47-41(37)54/h1,3-5,7,9,20-21,23,27-28,33,37H,2,6,8,10-19,24-26H2,(H,46,53)(H,47,52,54)/t28-,33-,37?/m1/s1. The molecule has 14 nitrogen and oxygen atoms in total. The molecule has 0 radical (unpaired) electrons. The Morgan fingerprint density at radius 3 is 2.53 bits per heavy atom. The summed E-state index contributed by atoms with van der Waals surface area (Å²) >= 11 is 6.15. The zero-order valence-electron chi connectivity index (χ0n) is 31.8. The van der Waals surface area contributed by atoms with Gasteiger partial charge in [-0.1, -0.05) is 17.7 Å². The maximum atomic E-state index is 13.7. The van der Waals surface area contributed by atoms with Gasteiger partial charge in [0.1, 0.15) is 30.4 Å². The van der Waals surface area contributed by atoms with E-state index in [1.165, 1.54) is 4.90 Å². The monoisotopic (exact) mass is 794 g/mol. The average Bonchev–Trinajstić information content (AvgIpc) is 3.63. The van der Waals surface area contributed by atoms with Crippen molar-refractivity contribution in [2.24, 2.45) is 11.8 Å². The van der Waals surface area contributed by atoms with Crippen LogP contribution in [0.2, 0.25) is 5.02 Å². The number of amides is 4. The molecule has 5 heterocycles. The fourth-order valence-electron chi connectivity index (χ4n) is 8.69. The van der Waals surface area contributed by atoms with Gasteiger partial charge in [-0.05, 0) is 86.4 Å². The Labute approximate surface area is 337 Å². The van der Waals surface area contributed by atoms with Gasteiger partial charge in [-0.3, -0.25) is 29.4 Å². The number of nitriles is 1. The molecule has 3 atom stereocenters. The van der Waals surface area contributed by atoms with E-state index in [0.717, 1.165) is 88.6 Å². The van der Waals surface area contributed by atoms with Crippen molar-refractivity contribution in [1.82, 2.24) is 20.1 Å². The highest BCUT2D eigenvalue weighted by molar-refractivity contribution is 6.31. The van der Waals surface area contributed by atoms with Crippen molar-refractivity contribution < 1.29 is 28.7 Å². The first kappa shape index (κ1) is 38.6. The summed E-state index contributed by atoms with van der Waals surface area (Å²) in [6.07, 6.45) is 6.42. The van der Waals surface area contributed by atoms with Gasteiger partial charge in [-0.25, -0.2) is 4.98 Å². The Hall–Kier alpha value is -5.23. The van der Waals surface area contributed by atoms with Crippen LogP contribution < -0.4 is 25.2 Å². The lowest BCUT2D eigenvalue weighted by atomic mass is 9.96. The zero-order chi connectivity index (χ0) is 39.5. The molecule has 15 heteroatoms. The number of nitrogens with zero attached hydrogens (tertiary/aromatic N) is 6. The van der Waals surface area contributed by atoms with Gasteiger partial charge in [0.15, 0.2) is 0 Å². The molecule has 1 saturated carbocycles. The number of fused-ring (bicyclic) bond motifs is 1. The number of piperidine rings is 2. The first-order chi connectivity index (χ1) is 27.7. The van der Waals surface area contributed by atoms with E-state index < -0.39 is 11.9 Å². The van der Waals surface area contributed by atoms with Crippen molar-refractivity contribution in [3.05, 3.63) is 76.4 Å². The number of pyridine rings is 1. The second-order valence-electron chi connectivity index (χ2n) is 15.7. The Kier molecular flexibility index (Phi) is 11.6. The summed E-state index contributed by atoms with van der Waals surface area (Å²) in [7, 11) is 0. The van der Waals surface area contributed by atoms with Gasteiger partial charge in [0, 0.05) is 75.5 Å². The van der Waals surface area contributed by atoms with E-state index in [9.17, 15) is 19.2 Å². The van der Waals surface area contributed by atoms with Crippen molar-refractivity contribution in [3.63, 3.8) is 0 Å². The molecule has 1 unspecified atom stereocenters. The van der Waals surface area contributed by atoms with Gasteiger partial charge in [-0.2, -0.15) is 5.26 Å². The summed E-state index contributed by atoms with van der Waals surface area (Å²) in [4.78, 5) is 64.3. The molecular formula is C42H47ClN8O6. The molecule has 8 rings (SSSR count). The van der Waals surface area contributed by atoms with E-state index in [4.69, 9.17) is 31.3 Å². The Bertz CT molecular complexity index is 2040. The number of carbonyl (C=O) groups is 4. The smallest absolute Gasteiger partial charge is 0.256 e. The number of nitrogens with one attached hydrogen (secondary N) is 2. The van der Waals surface area contributed by atoms with Crippen LogP contribution in [0.5, 0.6) is 5.75 Å². The van der Waals surface area contributed by atoms with Crippen molar-refractivity contribution in [2.75, 3.05) is 67.7 Å². The summed E-state index contributed by atoms with van der Waals surface area (Å²) in [6.45, 7) is 6.79. The first-order valence-electron chi connectivity index (χ1n) is 19.9. The lowest BCUT2D eigenvalue weighted by Gasteiger charge is -2.40. The van der Waals surface area contributed by atoms with Gasteiger partial charge in [0.05, 0.1) is 35.2 Å². The molecule has 2 N–H and O–H groups in total. The molecule has 0 bridgehead atoms. The Morgan fingerprint density at radius 1 is 0.965 bits per heavy atom. The van der Waals surface area contributed by atoms with Crippen molar-refractivity contribution >= 4 is 52.4 Å². The molecule has 5 aliphatic rings. The van der Waals surface area contributed by atoms with Crippen LogP contribution in [0.3, 0.4) is 0 Å². The molecule has 0 spiro atoms. The summed E-state index contributed by atoms with van der Waals surface area (Å²) in [5.41, 5.74) is 3.43. The molecule has 4 amide bonds. The second kappa shape index (κ2) is 17.1. The van der Waals surface area contributed by atoms with Gasteiger partial charge in [-0.15, -0.1) is 0 Å². The summed E-state index contributed by atoms with van der Waals surface area (Å²) < 4.78 is 11.8. The quantitative estimate of drug-likeness (QED) is 0.292. The fraction of sp³-hybridized carbons (Fsp3) is 0.476. The van der Waals surface area contributed by atoms with E-state index in [0.29, 0.717) is 46.3 Å². The van der Waals surface area contributed by atoms with Crippen LogP contribution in [0.25, 0.3) is 0 Å². The molecule has 3 aromatic rings. The van der Waals surface area contributed by atoms with Crippen LogP contribution >= 0.6 is 11.6 Å². The Morgan fingerprint density at radius 2 is 1.79 bits per heavy atom. The van der Waals surface area contributed by atoms with Gasteiger partial charge >= 0.3 is 0 Å². The summed E-state index contributed by atoms with van der Waals surface area (Å²) in [6, 6.07) is 16.2. The molecule has 1 aromatic heterocycles. The number of carbonyl (C=O) groups excluding carboxylic acids is 4. The number of rotatable bonds is 9. The normalized spacial score (nSPS) is 23.4. The number of benzene rings is 2. The average molecular weight is 795 g/mol. The van der Waals surface area contributed by atoms with Crippen molar-refractivity contribution in [2.45, 2.75) is 63.7 Å². The molecule has 2 aromatic carbocycles. The van der Waals surface area contributed by atoms with E-state index in [1.54, 1.807) is 24.4 Å². The lowest BCUT2D eigenvalue weighted by Crippen LogP contribution is -2.54. The van der Waals surface area contributed by atoms with E-state index in [-0.39, 0.29) is 49.5 Å². The molecule has 57 heavy (non-hydrogen) atoms. The maximum Gasteiger partial charge on any atom is 0.256 e. The van der Waals surface area contributed by atoms with Gasteiger partial charge in [0.2, 0.25) is 17.7 Å². The highest BCUT2D eigenvalue weighted by atomic mass is 35.5. The number of halogens is 1. The number of hydrogen-bond acceptors (Lipinski definition) is 11. The highest BCUT2D eigenvalue weighted by Gasteiger charge is 2.37. The number of aromatic nitrogens is 1. The van der Waals surface area contributed by atoms with Gasteiger partial charge < -0.3 is 29.5 Å². The zero-order valence-corrected chi connectivity index (χ0v) is 32.6. The van der Waals surface area contributed by atoms with Crippen LogP contribution in [0, 0.1) is 23.2 Å². The fourth-order valence-corrected chi connectivity index (χ4v) is 8.90. The minimum Gasteiger partial charge on any atom is -0.490 e. The molecule has 3 saturated heterocycles. The summed E-state index contributed by atoms with van der Waals surface area (Å²) in [5, 5.41) is 14.8. The van der Waals surface area contributed by atoms with Crippen LogP contribution in [-0.2, 0) is 25.7 Å². The van der Waals surface area contributed by atoms with E-state index in [1.807, 2.05) is 30.3 Å². The van der Waals surface area contributed by atoms with Gasteiger partial charge in [0.25, 0.3) is 5.91 Å². The molecule has 298 valence electrons. The predicted molar refractivity (Wildman–Crippen MR) is 213 cm³/mol. The predicted octanol–water partition coefficient (Wildman–Crippen LogP) is 4.57. The number of imide groups is 1. The minimum atomic E-state index is -0.723. The number of anilines is 3. The molecule has 1 aliphatic carbocycles. The van der Waals surface area contributed by atoms with Crippen LogP contribution in [0.15, 0.2) is 54.7 Å². The van der Waals surface area contributed by atoms with E-state index >= 15 is 0 Å². The lowest BCUT2D eigenvalue weighted by molar-refractivity contribution is -0.138. The van der Waals surface area contributed by atoms with Crippen LogP contribution in [0.4, 0.5) is 17.2 Å². The maximum absolute atomic E-state index is 13.7. The third-order valence-corrected chi connectivity index (χ3v) is 12.3. The molecular weight excluding hydrogens is 748 g/mol. The SMILES string of the molecule is N#Cc1ccc(O[C@@H]2CC[C@@H](C(=O)Nc3ccc(N4CCC(CN5CCN(c6ccc7c(c6)C(=O)N(C6CCC(=O)NC6=O)COC7)CC5)CC4)nc3)C2)cc1Cl. The molecule has 4 fully saturated rings. The number of piperazine rings is 1. The largest absolute Gasteiger partial charge is 0.490 e. The van der Waals surface area contributed by atoms with Crippen LogP contribution in [-0.4, -0.2) is 103 Å². The van der Waals surface area contributed by atoms with Crippen molar-refractivity contribution in [1.29, 1.82) is 5.26 Å². The summed E-state index contributed by atoms with van der Waals surface area (Å²) in [5.74, 6) is 0.933. The molecule has 4 aliphatic heterocycles. The Balaban J connectivity index is 0.767. The minimum absolute atomic E-state index is 0.00885.